The van der Waals surface area contributed by atoms with Gasteiger partial charge in [-0.15, -0.1) is 0 Å². The number of aliphatic hydroxyl groups excluding tert-OH is 1. The van der Waals surface area contributed by atoms with E-state index in [9.17, 15) is 39.3 Å². The Bertz CT molecular complexity index is 940. The van der Waals surface area contributed by atoms with Crippen molar-refractivity contribution in [2.24, 2.45) is 17.2 Å². The number of hydrogen-bond donors (Lipinski definition) is 9. The van der Waals surface area contributed by atoms with Gasteiger partial charge in [0.1, 0.15) is 23.9 Å². The number of carbonyl (C=O) groups is 5. The molecule has 0 aliphatic carbocycles. The minimum absolute atomic E-state index is 0.0276. The number of carboxylic acid groups (broad SMARTS) is 1. The second-order valence-electron chi connectivity index (χ2n) is 8.62. The molecule has 14 heteroatoms. The Balaban J connectivity index is 2.95. The molecule has 0 aromatic heterocycles. The van der Waals surface area contributed by atoms with Crippen molar-refractivity contribution < 1.29 is 39.3 Å². The number of carbonyl (C=O) groups excluding carboxylic acids is 4. The molecule has 0 bridgehead atoms. The van der Waals surface area contributed by atoms with Crippen molar-refractivity contribution in [2.75, 3.05) is 6.54 Å². The van der Waals surface area contributed by atoms with Gasteiger partial charge in [-0.25, -0.2) is 4.79 Å². The number of nitrogens with two attached hydrogens (primary N) is 3. The Hall–Kier alpha value is -3.75. The average Bonchev–Trinajstić information content (AvgIpc) is 2.82. The molecule has 0 radical (unpaired) electrons. The maximum absolute atomic E-state index is 12.8. The minimum atomic E-state index is -1.59. The maximum Gasteiger partial charge on any atom is 0.326 e. The monoisotopic (exact) mass is 524 g/mol. The summed E-state index contributed by atoms with van der Waals surface area (Å²) in [6.07, 6.45) is -0.725. The second kappa shape index (κ2) is 15.4. The van der Waals surface area contributed by atoms with Crippen molar-refractivity contribution in [2.45, 2.75) is 69.3 Å². The zero-order valence-corrected chi connectivity index (χ0v) is 20.6. The summed E-state index contributed by atoms with van der Waals surface area (Å²) in [6.45, 7) is 1.65. The van der Waals surface area contributed by atoms with Crippen LogP contribution in [0.3, 0.4) is 0 Å². The van der Waals surface area contributed by atoms with Crippen molar-refractivity contribution in [3.8, 4) is 5.75 Å². The van der Waals surface area contributed by atoms with Gasteiger partial charge < -0.3 is 48.5 Å². The first-order chi connectivity index (χ1) is 17.3. The molecule has 1 aromatic rings. The van der Waals surface area contributed by atoms with Crippen LogP contribution < -0.4 is 33.2 Å². The van der Waals surface area contributed by atoms with Crippen molar-refractivity contribution in [1.29, 1.82) is 0 Å². The van der Waals surface area contributed by atoms with Crippen molar-refractivity contribution >= 4 is 29.6 Å². The number of rotatable bonds is 16. The predicted octanol–water partition coefficient (Wildman–Crippen LogP) is -2.81. The van der Waals surface area contributed by atoms with Crippen molar-refractivity contribution in [3.63, 3.8) is 0 Å². The Morgan fingerprint density at radius 2 is 1.51 bits per heavy atom. The predicted molar refractivity (Wildman–Crippen MR) is 132 cm³/mol. The molecule has 0 saturated carbocycles. The number of primary amides is 1. The number of aliphatic carboxylic acids is 1. The van der Waals surface area contributed by atoms with E-state index in [0.717, 1.165) is 0 Å². The first kappa shape index (κ1) is 31.3. The average molecular weight is 525 g/mol. The highest BCUT2D eigenvalue weighted by molar-refractivity contribution is 5.96. The lowest BCUT2D eigenvalue weighted by Crippen LogP contribution is -2.60. The van der Waals surface area contributed by atoms with Crippen LogP contribution >= 0.6 is 0 Å². The van der Waals surface area contributed by atoms with Gasteiger partial charge in [0.25, 0.3) is 0 Å². The molecule has 0 aliphatic rings. The lowest BCUT2D eigenvalue weighted by atomic mass is 10.0. The first-order valence-electron chi connectivity index (χ1n) is 11.7. The summed E-state index contributed by atoms with van der Waals surface area (Å²) in [7, 11) is 0. The molecule has 0 heterocycles. The molecule has 12 N–H and O–H groups in total. The maximum atomic E-state index is 12.8. The highest BCUT2D eigenvalue weighted by Gasteiger charge is 2.33. The minimum Gasteiger partial charge on any atom is -0.508 e. The SMILES string of the molecule is CC(O)C(NC(=O)C(N)CCCCN)C(=O)NC(CC(N)=O)C(=O)NC(Cc1ccc(O)cc1)C(=O)O. The van der Waals surface area contributed by atoms with Crippen molar-refractivity contribution in [3.05, 3.63) is 29.8 Å². The number of benzene rings is 1. The fourth-order valence-corrected chi connectivity index (χ4v) is 3.32. The molecule has 14 nitrogen and oxygen atoms in total. The molecule has 0 saturated heterocycles. The van der Waals surface area contributed by atoms with E-state index in [1.807, 2.05) is 0 Å². The summed E-state index contributed by atoms with van der Waals surface area (Å²) >= 11 is 0. The third-order valence-electron chi connectivity index (χ3n) is 5.40. The van der Waals surface area contributed by atoms with E-state index in [1.165, 1.54) is 31.2 Å². The summed E-state index contributed by atoms with van der Waals surface area (Å²) in [5.74, 6) is -5.13. The lowest BCUT2D eigenvalue weighted by Gasteiger charge is -2.26. The van der Waals surface area contributed by atoms with Gasteiger partial charge in [0.05, 0.1) is 18.6 Å². The third kappa shape index (κ3) is 11.2. The van der Waals surface area contributed by atoms with Gasteiger partial charge in [-0.3, -0.25) is 19.2 Å². The molecular weight excluding hydrogens is 488 g/mol. The summed E-state index contributed by atoms with van der Waals surface area (Å²) in [5.41, 5.74) is 16.9. The van der Waals surface area contributed by atoms with Crippen LogP contribution in [0, 0.1) is 0 Å². The van der Waals surface area contributed by atoms with Crippen LogP contribution in [-0.2, 0) is 30.4 Å². The largest absolute Gasteiger partial charge is 0.508 e. The van der Waals surface area contributed by atoms with E-state index in [4.69, 9.17) is 17.2 Å². The Kier molecular flexibility index (Phi) is 13.0. The van der Waals surface area contributed by atoms with E-state index in [-0.39, 0.29) is 12.2 Å². The fraction of sp³-hybridized carbons (Fsp3) is 0.522. The van der Waals surface area contributed by atoms with E-state index < -0.39 is 66.3 Å². The Morgan fingerprint density at radius 3 is 2.03 bits per heavy atom. The van der Waals surface area contributed by atoms with Crippen LogP contribution in [0.4, 0.5) is 0 Å². The normalized spacial score (nSPS) is 14.9. The molecule has 4 amide bonds. The number of amides is 4. The number of carboxylic acids is 1. The van der Waals surface area contributed by atoms with Gasteiger partial charge in [0, 0.05) is 6.42 Å². The number of phenolic OH excluding ortho intramolecular Hbond substituents is 1. The lowest BCUT2D eigenvalue weighted by molar-refractivity contribution is -0.142. The molecular formula is C23H36N6O8. The van der Waals surface area contributed by atoms with E-state index in [1.54, 1.807) is 0 Å². The molecule has 1 rings (SSSR count). The standard InChI is InChI=1S/C23H36N6O8/c1-12(30)19(29-20(33)15(25)4-2-3-9-24)22(35)27-16(11-18(26)32)21(34)28-17(23(36)37)10-13-5-7-14(31)8-6-13/h5-8,12,15-17,19,30-31H,2-4,9-11,24-25H2,1H3,(H2,26,32)(H,27,35)(H,28,34)(H,29,33)(H,36,37). The van der Waals surface area contributed by atoms with Crippen molar-refractivity contribution in [1.82, 2.24) is 16.0 Å². The van der Waals surface area contributed by atoms with E-state index >= 15 is 0 Å². The number of nitrogens with one attached hydrogen (secondary N) is 3. The van der Waals surface area contributed by atoms with E-state index in [0.29, 0.717) is 31.4 Å². The van der Waals surface area contributed by atoms with Gasteiger partial charge in [0.2, 0.25) is 23.6 Å². The Labute approximate surface area is 213 Å². The van der Waals surface area contributed by atoms with Gasteiger partial charge >= 0.3 is 5.97 Å². The summed E-state index contributed by atoms with van der Waals surface area (Å²) in [5, 5.41) is 35.7. The quantitative estimate of drug-likeness (QED) is 0.100. The zero-order chi connectivity index (χ0) is 28.1. The van der Waals surface area contributed by atoms with Crippen LogP contribution in [0.5, 0.6) is 5.75 Å². The summed E-state index contributed by atoms with van der Waals surface area (Å²) in [4.78, 5) is 61.3. The highest BCUT2D eigenvalue weighted by atomic mass is 16.4. The van der Waals surface area contributed by atoms with Crippen LogP contribution in [0.1, 0.15) is 38.2 Å². The number of aromatic hydroxyl groups is 1. The van der Waals surface area contributed by atoms with Crippen LogP contribution in [0.2, 0.25) is 0 Å². The molecule has 5 atom stereocenters. The number of aliphatic hydroxyl groups is 1. The van der Waals surface area contributed by atoms with Gasteiger partial charge in [0.15, 0.2) is 0 Å². The zero-order valence-electron chi connectivity index (χ0n) is 20.6. The molecule has 0 fully saturated rings. The molecule has 1 aromatic carbocycles. The van der Waals surface area contributed by atoms with Crippen LogP contribution in [0.25, 0.3) is 0 Å². The number of hydrogen-bond acceptors (Lipinski definition) is 9. The van der Waals surface area contributed by atoms with Gasteiger partial charge in [-0.05, 0) is 44.0 Å². The fourth-order valence-electron chi connectivity index (χ4n) is 3.32. The van der Waals surface area contributed by atoms with E-state index in [2.05, 4.69) is 16.0 Å². The number of phenols is 1. The third-order valence-corrected chi connectivity index (χ3v) is 5.40. The topological polar surface area (TPSA) is 260 Å². The highest BCUT2D eigenvalue weighted by Crippen LogP contribution is 2.12. The molecule has 0 aliphatic heterocycles. The molecule has 5 unspecified atom stereocenters. The number of unbranched alkanes of at least 4 members (excludes halogenated alkanes) is 1. The van der Waals surface area contributed by atoms with Gasteiger partial charge in [-0.1, -0.05) is 18.6 Å². The van der Waals surface area contributed by atoms with Gasteiger partial charge in [-0.2, -0.15) is 0 Å². The Morgan fingerprint density at radius 1 is 0.919 bits per heavy atom. The summed E-state index contributed by atoms with van der Waals surface area (Å²) < 4.78 is 0. The van der Waals surface area contributed by atoms with Crippen LogP contribution in [0.15, 0.2) is 24.3 Å². The van der Waals surface area contributed by atoms with Crippen LogP contribution in [-0.4, -0.2) is 81.7 Å². The second-order valence-corrected chi connectivity index (χ2v) is 8.62. The first-order valence-corrected chi connectivity index (χ1v) is 11.7. The molecule has 206 valence electrons. The molecule has 0 spiro atoms. The molecule has 37 heavy (non-hydrogen) atoms. The smallest absolute Gasteiger partial charge is 0.326 e. The summed E-state index contributed by atoms with van der Waals surface area (Å²) in [6, 6.07) is 0.103.